The van der Waals surface area contributed by atoms with E-state index in [0.29, 0.717) is 13.1 Å². The Morgan fingerprint density at radius 2 is 2.04 bits per heavy atom. The molecule has 2 aliphatic heterocycles. The molecule has 1 atom stereocenters. The summed E-state index contributed by atoms with van der Waals surface area (Å²) in [5.74, 6) is 0. The number of likely N-dealkylation sites (N-methyl/N-ethyl adjacent to an activating group) is 1. The Kier molecular flexibility index (Phi) is 5.97. The van der Waals surface area contributed by atoms with Gasteiger partial charge in [-0.3, -0.25) is 0 Å². The maximum absolute atomic E-state index is 12.6. The van der Waals surface area contributed by atoms with Gasteiger partial charge in [-0.1, -0.05) is 30.3 Å². The molecule has 2 fully saturated rings. The predicted octanol–water partition coefficient (Wildman–Crippen LogP) is 2.47. The molecule has 0 radical (unpaired) electrons. The maximum atomic E-state index is 12.6. The highest BCUT2D eigenvalue weighted by molar-refractivity contribution is 5.74. The van der Waals surface area contributed by atoms with Crippen molar-refractivity contribution in [1.29, 1.82) is 0 Å². The monoisotopic (exact) mass is 345 g/mol. The molecule has 25 heavy (non-hydrogen) atoms. The van der Waals surface area contributed by atoms with Gasteiger partial charge in [0.05, 0.1) is 6.10 Å². The number of hydrogen-bond acceptors (Lipinski definition) is 3. The van der Waals surface area contributed by atoms with Gasteiger partial charge in [-0.05, 0) is 51.4 Å². The molecule has 3 rings (SSSR count). The normalized spacial score (nSPS) is 23.4. The molecule has 5 heteroatoms. The quantitative estimate of drug-likeness (QED) is 0.892. The van der Waals surface area contributed by atoms with Gasteiger partial charge in [0, 0.05) is 32.2 Å². The fourth-order valence-corrected chi connectivity index (χ4v) is 3.96. The molecule has 2 aliphatic rings. The number of carbonyl (C=O) groups excluding carboxylic acids is 1. The summed E-state index contributed by atoms with van der Waals surface area (Å²) in [5, 5.41) is 3.19. The molecule has 0 bridgehead atoms. The Labute approximate surface area is 151 Å². The van der Waals surface area contributed by atoms with E-state index in [-0.39, 0.29) is 17.6 Å². The summed E-state index contributed by atoms with van der Waals surface area (Å²) >= 11 is 0. The second-order valence-corrected chi connectivity index (χ2v) is 7.62. The summed E-state index contributed by atoms with van der Waals surface area (Å²) in [6.07, 6.45) is 4.50. The van der Waals surface area contributed by atoms with Crippen LogP contribution in [0.2, 0.25) is 0 Å². The van der Waals surface area contributed by atoms with Crippen molar-refractivity contribution in [3.05, 3.63) is 35.9 Å². The first kappa shape index (κ1) is 18.2. The zero-order valence-electron chi connectivity index (χ0n) is 15.5. The van der Waals surface area contributed by atoms with Gasteiger partial charge in [0.25, 0.3) is 0 Å². The van der Waals surface area contributed by atoms with Crippen molar-refractivity contribution in [2.45, 2.75) is 37.2 Å². The number of benzene rings is 1. The first-order valence-corrected chi connectivity index (χ1v) is 9.44. The third-order valence-corrected chi connectivity index (χ3v) is 5.76. The van der Waals surface area contributed by atoms with Gasteiger partial charge >= 0.3 is 6.03 Å². The van der Waals surface area contributed by atoms with Crippen LogP contribution in [-0.4, -0.2) is 68.8 Å². The first-order valence-electron chi connectivity index (χ1n) is 9.44. The van der Waals surface area contributed by atoms with Crippen LogP contribution in [-0.2, 0) is 10.2 Å². The number of urea groups is 1. The lowest BCUT2D eigenvalue weighted by atomic mass is 9.72. The first-order chi connectivity index (χ1) is 12.1. The number of rotatable bonds is 5. The molecule has 0 aromatic heterocycles. The topological polar surface area (TPSA) is 44.8 Å². The minimum absolute atomic E-state index is 0.00438. The minimum atomic E-state index is 0.00438. The molecule has 0 aliphatic carbocycles. The molecule has 2 saturated heterocycles. The van der Waals surface area contributed by atoms with Crippen LogP contribution >= 0.6 is 0 Å². The van der Waals surface area contributed by atoms with Gasteiger partial charge in [0.2, 0.25) is 0 Å². The number of nitrogens with one attached hydrogen (secondary N) is 1. The van der Waals surface area contributed by atoms with E-state index in [9.17, 15) is 4.79 Å². The smallest absolute Gasteiger partial charge is 0.317 e. The highest BCUT2D eigenvalue weighted by atomic mass is 16.5. The van der Waals surface area contributed by atoms with Crippen molar-refractivity contribution in [1.82, 2.24) is 15.1 Å². The van der Waals surface area contributed by atoms with Crippen LogP contribution in [0.15, 0.2) is 30.3 Å². The average molecular weight is 345 g/mol. The Bertz CT molecular complexity index is 549. The highest BCUT2D eigenvalue weighted by Crippen LogP contribution is 2.34. The molecule has 2 amide bonds. The second-order valence-electron chi connectivity index (χ2n) is 7.62. The number of likely N-dealkylation sites (tertiary alicyclic amines) is 1. The summed E-state index contributed by atoms with van der Waals surface area (Å²) in [6.45, 7) is 4.32. The van der Waals surface area contributed by atoms with Crippen LogP contribution in [0.1, 0.15) is 31.2 Å². The third-order valence-electron chi connectivity index (χ3n) is 5.76. The largest absolute Gasteiger partial charge is 0.376 e. The van der Waals surface area contributed by atoms with Crippen LogP contribution in [0.4, 0.5) is 4.79 Å². The standard InChI is InChI=1S/C20H31N3O2/c1-22-12-10-20(11-13-22,17-7-4-3-5-8-17)16-21-19(24)23(2)15-18-9-6-14-25-18/h3-5,7-8,18H,6,9-16H2,1-2H3,(H,21,24). The van der Waals surface area contributed by atoms with E-state index < -0.39 is 0 Å². The summed E-state index contributed by atoms with van der Waals surface area (Å²) in [7, 11) is 4.03. The molecule has 5 nitrogen and oxygen atoms in total. The van der Waals surface area contributed by atoms with Crippen LogP contribution in [0.25, 0.3) is 0 Å². The zero-order valence-corrected chi connectivity index (χ0v) is 15.5. The lowest BCUT2D eigenvalue weighted by Crippen LogP contribution is -2.50. The maximum Gasteiger partial charge on any atom is 0.317 e. The Morgan fingerprint density at radius 3 is 2.68 bits per heavy atom. The molecule has 1 aromatic rings. The molecule has 0 saturated carbocycles. The molecule has 0 spiro atoms. The number of hydrogen-bond donors (Lipinski definition) is 1. The molecule has 2 heterocycles. The summed E-state index contributed by atoms with van der Waals surface area (Å²) in [6, 6.07) is 10.7. The molecule has 1 N–H and O–H groups in total. The van der Waals surface area contributed by atoms with Crippen LogP contribution in [0, 0.1) is 0 Å². The molecule has 138 valence electrons. The van der Waals surface area contributed by atoms with E-state index in [4.69, 9.17) is 4.74 Å². The second kappa shape index (κ2) is 8.19. The van der Waals surface area contributed by atoms with Gasteiger partial charge in [0.1, 0.15) is 0 Å². The van der Waals surface area contributed by atoms with Gasteiger partial charge in [-0.2, -0.15) is 0 Å². The van der Waals surface area contributed by atoms with Gasteiger partial charge in [-0.15, -0.1) is 0 Å². The number of carbonyl (C=O) groups is 1. The van der Waals surface area contributed by atoms with E-state index >= 15 is 0 Å². The van der Waals surface area contributed by atoms with Crippen LogP contribution in [0.5, 0.6) is 0 Å². The number of ether oxygens (including phenoxy) is 1. The van der Waals surface area contributed by atoms with Crippen molar-refractivity contribution in [3.8, 4) is 0 Å². The van der Waals surface area contributed by atoms with E-state index in [1.807, 2.05) is 7.05 Å². The third kappa shape index (κ3) is 4.53. The van der Waals surface area contributed by atoms with Crippen molar-refractivity contribution in [3.63, 3.8) is 0 Å². The van der Waals surface area contributed by atoms with Gasteiger partial charge in [-0.25, -0.2) is 4.79 Å². The van der Waals surface area contributed by atoms with Crippen molar-refractivity contribution < 1.29 is 9.53 Å². The minimum Gasteiger partial charge on any atom is -0.376 e. The predicted molar refractivity (Wildman–Crippen MR) is 99.9 cm³/mol. The Hall–Kier alpha value is -1.59. The van der Waals surface area contributed by atoms with Gasteiger partial charge < -0.3 is 19.9 Å². The molecule has 1 unspecified atom stereocenters. The average Bonchev–Trinajstić information content (AvgIpc) is 3.15. The Balaban J connectivity index is 1.61. The SMILES string of the molecule is CN1CCC(CNC(=O)N(C)CC2CCCO2)(c2ccccc2)CC1. The number of piperidine rings is 1. The highest BCUT2D eigenvalue weighted by Gasteiger charge is 2.36. The van der Waals surface area contributed by atoms with Crippen molar-refractivity contribution >= 4 is 6.03 Å². The lowest BCUT2D eigenvalue weighted by molar-refractivity contribution is 0.0868. The van der Waals surface area contributed by atoms with E-state index in [1.165, 1.54) is 5.56 Å². The van der Waals surface area contributed by atoms with Gasteiger partial charge in [0.15, 0.2) is 0 Å². The van der Waals surface area contributed by atoms with E-state index in [1.54, 1.807) is 4.90 Å². The number of amides is 2. The number of nitrogens with zero attached hydrogens (tertiary/aromatic N) is 2. The molecule has 1 aromatic carbocycles. The zero-order chi connectivity index (χ0) is 17.7. The van der Waals surface area contributed by atoms with E-state index in [2.05, 4.69) is 47.6 Å². The Morgan fingerprint density at radius 1 is 1.32 bits per heavy atom. The summed E-state index contributed by atoms with van der Waals surface area (Å²) in [4.78, 5) is 16.7. The van der Waals surface area contributed by atoms with Crippen LogP contribution in [0.3, 0.4) is 0 Å². The molecular weight excluding hydrogens is 314 g/mol. The van der Waals surface area contributed by atoms with Crippen molar-refractivity contribution in [2.75, 3.05) is 46.9 Å². The summed E-state index contributed by atoms with van der Waals surface area (Å²) < 4.78 is 5.64. The van der Waals surface area contributed by atoms with Crippen LogP contribution < -0.4 is 5.32 Å². The van der Waals surface area contributed by atoms with E-state index in [0.717, 1.165) is 45.4 Å². The van der Waals surface area contributed by atoms with Crippen molar-refractivity contribution in [2.24, 2.45) is 0 Å². The molecular formula is C20H31N3O2. The fourth-order valence-electron chi connectivity index (χ4n) is 3.96. The summed E-state index contributed by atoms with van der Waals surface area (Å²) in [5.41, 5.74) is 1.37. The lowest BCUT2D eigenvalue weighted by Gasteiger charge is -2.41. The fraction of sp³-hybridized carbons (Fsp3) is 0.650.